The molecule has 0 aliphatic carbocycles. The largest absolute Gasteiger partial charge is 0.288 e. The highest BCUT2D eigenvalue weighted by Crippen LogP contribution is 2.56. The van der Waals surface area contributed by atoms with Crippen molar-refractivity contribution in [3.05, 3.63) is 41.2 Å². The molecule has 0 saturated heterocycles. The molecule has 2 aromatic carbocycles. The molecule has 0 radical (unpaired) electrons. The minimum Gasteiger partial charge on any atom is -0.288 e. The molecule has 1 aliphatic rings. The van der Waals surface area contributed by atoms with E-state index in [0.29, 0.717) is 11.1 Å². The fourth-order valence-corrected chi connectivity index (χ4v) is 3.46. The molecule has 2 nitrogen and oxygen atoms in total. The fraction of sp³-hybridized carbons (Fsp3) is 0. The van der Waals surface area contributed by atoms with Gasteiger partial charge in [-0.2, -0.15) is 0 Å². The summed E-state index contributed by atoms with van der Waals surface area (Å²) in [6.07, 6.45) is 0. The molecule has 0 bridgehead atoms. The predicted molar refractivity (Wildman–Crippen MR) is 88.2 cm³/mol. The molecule has 2 aromatic rings. The van der Waals surface area contributed by atoms with Crippen LogP contribution in [0.4, 0.5) is 0 Å². The normalized spacial score (nSPS) is 12.3. The van der Waals surface area contributed by atoms with Gasteiger partial charge in [-0.15, -0.1) is 0 Å². The summed E-state index contributed by atoms with van der Waals surface area (Å²) in [6.45, 7) is 0. The van der Waals surface area contributed by atoms with E-state index < -0.39 is 0 Å². The van der Waals surface area contributed by atoms with Gasteiger partial charge in [0, 0.05) is 5.56 Å². The number of benzene rings is 2. The van der Waals surface area contributed by atoms with Gasteiger partial charge in [0.1, 0.15) is 10.0 Å². The van der Waals surface area contributed by atoms with Gasteiger partial charge in [-0.1, -0.05) is 81.2 Å². The summed E-state index contributed by atoms with van der Waals surface area (Å²) in [5.41, 5.74) is 0.818. The molecule has 0 atom stereocenters. The summed E-state index contributed by atoms with van der Waals surface area (Å²) < 4.78 is 0. The van der Waals surface area contributed by atoms with Crippen LogP contribution in [-0.2, 0) is 0 Å². The zero-order valence-corrected chi connectivity index (χ0v) is 14.8. The lowest BCUT2D eigenvalue weighted by Crippen LogP contribution is -2.10. The van der Waals surface area contributed by atoms with Crippen molar-refractivity contribution in [3.8, 4) is 22.6 Å². The smallest absolute Gasteiger partial charge is 0.208 e. The zero-order valence-electron chi connectivity index (χ0n) is 9.54. The van der Waals surface area contributed by atoms with E-state index in [0.717, 1.165) is 0 Å². The number of fused-ring (bicyclic) bond motifs is 3. The van der Waals surface area contributed by atoms with Crippen LogP contribution in [0, 0.1) is 0 Å². The molecule has 0 N–H and O–H groups in total. The second-order valence-electron chi connectivity index (χ2n) is 3.99. The SMILES string of the molecule is Clc1cc2c(c(Cl)c1Cl)OOc1c(Cl)c(Cl)c(Cl)c(Cl)c1-2. The minimum absolute atomic E-state index is 0.0558. The lowest BCUT2D eigenvalue weighted by Gasteiger charge is -2.23. The highest BCUT2D eigenvalue weighted by atomic mass is 35.5. The average molecular weight is 425 g/mol. The lowest BCUT2D eigenvalue weighted by molar-refractivity contribution is -0.102. The van der Waals surface area contributed by atoms with E-state index >= 15 is 0 Å². The van der Waals surface area contributed by atoms with Crippen molar-refractivity contribution in [1.82, 2.24) is 0 Å². The third-order valence-corrected chi connectivity index (χ3v) is 5.85. The Morgan fingerprint density at radius 3 is 1.76 bits per heavy atom. The second-order valence-corrected chi connectivity index (χ2v) is 6.66. The fourth-order valence-electron chi connectivity index (χ4n) is 1.86. The van der Waals surface area contributed by atoms with E-state index in [4.69, 9.17) is 91.0 Å². The van der Waals surface area contributed by atoms with E-state index in [9.17, 15) is 0 Å². The molecular formula is C12HCl7O2. The van der Waals surface area contributed by atoms with E-state index in [2.05, 4.69) is 0 Å². The first-order chi connectivity index (χ1) is 9.84. The van der Waals surface area contributed by atoms with Crippen LogP contribution in [0.15, 0.2) is 6.07 Å². The maximum Gasteiger partial charge on any atom is 0.208 e. The minimum atomic E-state index is 0.0558. The monoisotopic (exact) mass is 422 g/mol. The van der Waals surface area contributed by atoms with Gasteiger partial charge in [-0.05, 0) is 6.07 Å². The van der Waals surface area contributed by atoms with Crippen LogP contribution in [0.3, 0.4) is 0 Å². The van der Waals surface area contributed by atoms with Crippen molar-refractivity contribution in [2.75, 3.05) is 0 Å². The third kappa shape index (κ3) is 2.33. The van der Waals surface area contributed by atoms with Crippen molar-refractivity contribution in [2.24, 2.45) is 0 Å². The number of hydrogen-bond donors (Lipinski definition) is 0. The van der Waals surface area contributed by atoms with Gasteiger partial charge in [-0.25, -0.2) is 0 Å². The highest BCUT2D eigenvalue weighted by molar-refractivity contribution is 6.54. The van der Waals surface area contributed by atoms with Gasteiger partial charge >= 0.3 is 0 Å². The lowest BCUT2D eigenvalue weighted by atomic mass is 10.0. The Bertz CT molecular complexity index is 788. The van der Waals surface area contributed by atoms with Gasteiger partial charge in [0.15, 0.2) is 0 Å². The Morgan fingerprint density at radius 1 is 0.571 bits per heavy atom. The Hall–Kier alpha value is 0.0700. The molecular weight excluding hydrogens is 424 g/mol. The molecule has 1 aliphatic heterocycles. The molecule has 0 amide bonds. The second kappa shape index (κ2) is 5.61. The molecule has 0 unspecified atom stereocenters. The molecule has 9 heteroatoms. The third-order valence-electron chi connectivity index (χ3n) is 2.82. The van der Waals surface area contributed by atoms with Crippen molar-refractivity contribution < 1.29 is 9.78 Å². The number of hydrogen-bond acceptors (Lipinski definition) is 2. The summed E-state index contributed by atoms with van der Waals surface area (Å²) in [6, 6.07) is 1.53. The van der Waals surface area contributed by atoms with Crippen LogP contribution in [-0.4, -0.2) is 0 Å². The standard InChI is InChI=1S/C12HCl7O2/c13-3-1-2-4-6(15)7(16)8(17)10(19)12(4)21-20-11(2)9(18)5(3)14/h1H. The Morgan fingerprint density at radius 2 is 1.10 bits per heavy atom. The van der Waals surface area contributed by atoms with Crippen LogP contribution in [0.25, 0.3) is 11.1 Å². The first kappa shape index (κ1) is 15.9. The zero-order chi connectivity index (χ0) is 15.5. The Labute approximate surface area is 154 Å². The Balaban J connectivity index is 2.44. The van der Waals surface area contributed by atoms with Gasteiger partial charge in [0.05, 0.1) is 30.7 Å². The topological polar surface area (TPSA) is 18.5 Å². The van der Waals surface area contributed by atoms with Crippen LogP contribution < -0.4 is 9.78 Å². The van der Waals surface area contributed by atoms with E-state index in [1.54, 1.807) is 0 Å². The van der Waals surface area contributed by atoms with Crippen molar-refractivity contribution >= 4 is 81.2 Å². The van der Waals surface area contributed by atoms with Crippen LogP contribution in [0.1, 0.15) is 0 Å². The predicted octanol–water partition coefficient (Wildman–Crippen LogP) is 7.61. The summed E-state index contributed by atoms with van der Waals surface area (Å²) in [5, 5.41) is 0.777. The van der Waals surface area contributed by atoms with Crippen LogP contribution >= 0.6 is 81.2 Å². The number of halogens is 7. The van der Waals surface area contributed by atoms with Gasteiger partial charge in [-0.3, -0.25) is 9.78 Å². The van der Waals surface area contributed by atoms with E-state index in [1.807, 2.05) is 0 Å². The molecule has 0 fully saturated rings. The van der Waals surface area contributed by atoms with Crippen LogP contribution in [0.2, 0.25) is 35.2 Å². The summed E-state index contributed by atoms with van der Waals surface area (Å²) in [5.74, 6) is 0.285. The van der Waals surface area contributed by atoms with Gasteiger partial charge in [0.2, 0.25) is 11.5 Å². The maximum atomic E-state index is 6.23. The van der Waals surface area contributed by atoms with Crippen LogP contribution in [0.5, 0.6) is 11.5 Å². The van der Waals surface area contributed by atoms with Crippen molar-refractivity contribution in [1.29, 1.82) is 0 Å². The van der Waals surface area contributed by atoms with Crippen molar-refractivity contribution in [2.45, 2.75) is 0 Å². The summed E-state index contributed by atoms with van der Waals surface area (Å²) in [4.78, 5) is 10.3. The molecule has 3 rings (SSSR count). The summed E-state index contributed by atoms with van der Waals surface area (Å²) >= 11 is 42.4. The highest BCUT2D eigenvalue weighted by Gasteiger charge is 2.32. The maximum absolute atomic E-state index is 6.23. The molecule has 0 spiro atoms. The van der Waals surface area contributed by atoms with Crippen molar-refractivity contribution in [3.63, 3.8) is 0 Å². The first-order valence-electron chi connectivity index (χ1n) is 5.23. The molecule has 110 valence electrons. The molecule has 1 heterocycles. The van der Waals surface area contributed by atoms with Gasteiger partial charge in [0.25, 0.3) is 0 Å². The van der Waals surface area contributed by atoms with E-state index in [-0.39, 0.29) is 46.7 Å². The molecule has 21 heavy (non-hydrogen) atoms. The molecule has 0 saturated carbocycles. The first-order valence-corrected chi connectivity index (χ1v) is 7.87. The van der Waals surface area contributed by atoms with E-state index in [1.165, 1.54) is 6.07 Å². The number of rotatable bonds is 0. The van der Waals surface area contributed by atoms with Gasteiger partial charge < -0.3 is 0 Å². The summed E-state index contributed by atoms with van der Waals surface area (Å²) in [7, 11) is 0. The average Bonchev–Trinajstić information content (AvgIpc) is 2.47. The molecule has 0 aromatic heterocycles. The Kier molecular flexibility index (Phi) is 4.26. The quantitative estimate of drug-likeness (QED) is 0.246.